The fourth-order valence-corrected chi connectivity index (χ4v) is 2.01. The summed E-state index contributed by atoms with van der Waals surface area (Å²) in [6, 6.07) is 6.92. The molecule has 1 amide bonds. The van der Waals surface area contributed by atoms with E-state index in [0.717, 1.165) is 0 Å². The van der Waals surface area contributed by atoms with E-state index in [1.165, 1.54) is 17.9 Å². The van der Waals surface area contributed by atoms with Crippen LogP contribution in [-0.4, -0.2) is 28.5 Å². The fraction of sp³-hybridized carbons (Fsp3) is 0.214. The van der Waals surface area contributed by atoms with Crippen molar-refractivity contribution in [2.24, 2.45) is 0 Å². The summed E-state index contributed by atoms with van der Waals surface area (Å²) < 4.78 is 6.14. The zero-order valence-corrected chi connectivity index (χ0v) is 12.3. The van der Waals surface area contributed by atoms with E-state index in [1.54, 1.807) is 31.2 Å². The van der Waals surface area contributed by atoms with E-state index < -0.39 is 5.97 Å². The van der Waals surface area contributed by atoms with Crippen LogP contribution in [0.4, 0.5) is 5.69 Å². The Balaban J connectivity index is 2.15. The number of rotatable bonds is 4. The topological polar surface area (TPSA) is 73.2 Å². The van der Waals surface area contributed by atoms with Gasteiger partial charge in [0.1, 0.15) is 18.1 Å². The molecule has 21 heavy (non-hydrogen) atoms. The summed E-state index contributed by atoms with van der Waals surface area (Å²) in [7, 11) is 1.28. The molecule has 2 rings (SSSR count). The van der Waals surface area contributed by atoms with Gasteiger partial charge in [0.05, 0.1) is 24.0 Å². The number of benzene rings is 1. The first-order chi connectivity index (χ1) is 10.0. The van der Waals surface area contributed by atoms with Crippen molar-refractivity contribution in [3.8, 4) is 0 Å². The SMILES string of the molecule is COC(=O)c1cnc(C)n1CC(=O)Nc1ccccc1Cl. The number of nitrogens with zero attached hydrogens (tertiary/aromatic N) is 2. The maximum absolute atomic E-state index is 12.1. The highest BCUT2D eigenvalue weighted by molar-refractivity contribution is 6.33. The zero-order valence-electron chi connectivity index (χ0n) is 11.6. The van der Waals surface area contributed by atoms with E-state index in [4.69, 9.17) is 11.6 Å². The lowest BCUT2D eigenvalue weighted by Crippen LogP contribution is -2.22. The van der Waals surface area contributed by atoms with E-state index in [2.05, 4.69) is 15.0 Å². The van der Waals surface area contributed by atoms with Gasteiger partial charge in [0.25, 0.3) is 0 Å². The molecular weight excluding hydrogens is 294 g/mol. The molecule has 0 aliphatic carbocycles. The van der Waals surface area contributed by atoms with Crippen molar-refractivity contribution in [2.45, 2.75) is 13.5 Å². The lowest BCUT2D eigenvalue weighted by molar-refractivity contribution is -0.116. The van der Waals surface area contributed by atoms with Crippen LogP contribution in [0.5, 0.6) is 0 Å². The third kappa shape index (κ3) is 3.41. The van der Waals surface area contributed by atoms with Crippen molar-refractivity contribution in [3.05, 3.63) is 47.0 Å². The van der Waals surface area contributed by atoms with Gasteiger partial charge in [0.2, 0.25) is 5.91 Å². The molecule has 0 saturated heterocycles. The molecule has 7 heteroatoms. The lowest BCUT2D eigenvalue weighted by Gasteiger charge is -2.10. The van der Waals surface area contributed by atoms with Gasteiger partial charge < -0.3 is 14.6 Å². The lowest BCUT2D eigenvalue weighted by atomic mass is 10.3. The van der Waals surface area contributed by atoms with Gasteiger partial charge in [0.15, 0.2) is 0 Å². The summed E-state index contributed by atoms with van der Waals surface area (Å²) in [4.78, 5) is 27.7. The number of para-hydroxylation sites is 1. The number of esters is 1. The van der Waals surface area contributed by atoms with Crippen LogP contribution in [0, 0.1) is 6.92 Å². The van der Waals surface area contributed by atoms with Crippen molar-refractivity contribution in [1.82, 2.24) is 9.55 Å². The van der Waals surface area contributed by atoms with Crippen LogP contribution in [0.15, 0.2) is 30.5 Å². The Morgan fingerprint density at radius 3 is 2.76 bits per heavy atom. The fourth-order valence-electron chi connectivity index (χ4n) is 1.83. The number of amides is 1. The van der Waals surface area contributed by atoms with Crippen LogP contribution in [0.3, 0.4) is 0 Å². The molecule has 1 heterocycles. The molecule has 0 fully saturated rings. The highest BCUT2D eigenvalue weighted by Crippen LogP contribution is 2.20. The Labute approximate surface area is 126 Å². The van der Waals surface area contributed by atoms with Crippen LogP contribution in [0.25, 0.3) is 0 Å². The van der Waals surface area contributed by atoms with E-state index in [1.807, 2.05) is 0 Å². The van der Waals surface area contributed by atoms with Crippen molar-refractivity contribution in [3.63, 3.8) is 0 Å². The highest BCUT2D eigenvalue weighted by Gasteiger charge is 2.17. The zero-order chi connectivity index (χ0) is 15.4. The van der Waals surface area contributed by atoms with Gasteiger partial charge >= 0.3 is 5.97 Å². The molecule has 0 aliphatic rings. The minimum Gasteiger partial charge on any atom is -0.464 e. The molecule has 0 radical (unpaired) electrons. The first kappa shape index (κ1) is 15.1. The second-order valence-corrected chi connectivity index (χ2v) is 4.70. The van der Waals surface area contributed by atoms with Crippen molar-refractivity contribution < 1.29 is 14.3 Å². The first-order valence-electron chi connectivity index (χ1n) is 6.17. The van der Waals surface area contributed by atoms with Crippen molar-refractivity contribution >= 4 is 29.2 Å². The molecule has 0 bridgehead atoms. The van der Waals surface area contributed by atoms with Gasteiger partial charge in [-0.3, -0.25) is 4.79 Å². The standard InChI is InChI=1S/C14H14ClN3O3/c1-9-16-7-12(14(20)21-2)18(9)8-13(19)17-11-6-4-3-5-10(11)15/h3-7H,8H2,1-2H3,(H,17,19). The molecule has 0 aliphatic heterocycles. The highest BCUT2D eigenvalue weighted by atomic mass is 35.5. The number of aryl methyl sites for hydroxylation is 1. The van der Waals surface area contributed by atoms with Gasteiger partial charge in [-0.15, -0.1) is 0 Å². The number of imidazole rings is 1. The second-order valence-electron chi connectivity index (χ2n) is 4.30. The van der Waals surface area contributed by atoms with Crippen LogP contribution >= 0.6 is 11.6 Å². The molecule has 1 aromatic carbocycles. The normalized spacial score (nSPS) is 10.2. The number of aromatic nitrogens is 2. The van der Waals surface area contributed by atoms with Gasteiger partial charge in [-0.25, -0.2) is 9.78 Å². The van der Waals surface area contributed by atoms with E-state index >= 15 is 0 Å². The Morgan fingerprint density at radius 1 is 1.38 bits per heavy atom. The molecule has 0 unspecified atom stereocenters. The van der Waals surface area contributed by atoms with Crippen LogP contribution in [0.1, 0.15) is 16.3 Å². The number of carbonyl (C=O) groups excluding carboxylic acids is 2. The van der Waals surface area contributed by atoms with Crippen LogP contribution < -0.4 is 5.32 Å². The minimum atomic E-state index is -0.541. The monoisotopic (exact) mass is 307 g/mol. The number of carbonyl (C=O) groups is 2. The summed E-state index contributed by atoms with van der Waals surface area (Å²) in [5, 5.41) is 3.13. The van der Waals surface area contributed by atoms with E-state index in [9.17, 15) is 9.59 Å². The molecule has 6 nitrogen and oxygen atoms in total. The molecule has 1 aromatic heterocycles. The number of methoxy groups -OCH3 is 1. The van der Waals surface area contributed by atoms with Gasteiger partial charge in [-0.05, 0) is 19.1 Å². The Kier molecular flexibility index (Phi) is 4.59. The molecule has 0 saturated carbocycles. The average Bonchev–Trinajstić information content (AvgIpc) is 2.82. The number of anilines is 1. The maximum Gasteiger partial charge on any atom is 0.356 e. The summed E-state index contributed by atoms with van der Waals surface area (Å²) in [6.45, 7) is 1.65. The predicted octanol–water partition coefficient (Wildman–Crippen LogP) is 2.27. The summed E-state index contributed by atoms with van der Waals surface area (Å²) in [5.41, 5.74) is 0.742. The largest absolute Gasteiger partial charge is 0.464 e. The molecule has 110 valence electrons. The predicted molar refractivity (Wildman–Crippen MR) is 78.4 cm³/mol. The van der Waals surface area contributed by atoms with Gasteiger partial charge in [-0.2, -0.15) is 0 Å². The van der Waals surface area contributed by atoms with Crippen molar-refractivity contribution in [1.29, 1.82) is 0 Å². The Morgan fingerprint density at radius 2 is 2.10 bits per heavy atom. The number of halogens is 1. The van der Waals surface area contributed by atoms with Gasteiger partial charge in [-0.1, -0.05) is 23.7 Å². The minimum absolute atomic E-state index is 0.0541. The van der Waals surface area contributed by atoms with Crippen LogP contribution in [0.2, 0.25) is 5.02 Å². The Bertz CT molecular complexity index is 682. The molecule has 0 atom stereocenters. The van der Waals surface area contributed by atoms with Crippen LogP contribution in [-0.2, 0) is 16.1 Å². The first-order valence-corrected chi connectivity index (χ1v) is 6.55. The third-order valence-corrected chi connectivity index (χ3v) is 3.23. The summed E-state index contributed by atoms with van der Waals surface area (Å²) in [5.74, 6) is -0.305. The Hall–Kier alpha value is -2.34. The summed E-state index contributed by atoms with van der Waals surface area (Å²) in [6.07, 6.45) is 1.38. The summed E-state index contributed by atoms with van der Waals surface area (Å²) >= 11 is 5.98. The molecule has 0 spiro atoms. The average molecular weight is 308 g/mol. The van der Waals surface area contributed by atoms with E-state index in [-0.39, 0.29) is 18.1 Å². The quantitative estimate of drug-likeness (QED) is 0.879. The molecule has 2 aromatic rings. The molecule has 1 N–H and O–H groups in total. The van der Waals surface area contributed by atoms with Crippen molar-refractivity contribution in [2.75, 3.05) is 12.4 Å². The number of hydrogen-bond donors (Lipinski definition) is 1. The number of hydrogen-bond acceptors (Lipinski definition) is 4. The maximum atomic E-state index is 12.1. The third-order valence-electron chi connectivity index (χ3n) is 2.90. The van der Waals surface area contributed by atoms with E-state index in [0.29, 0.717) is 16.5 Å². The number of nitrogens with one attached hydrogen (secondary N) is 1. The second kappa shape index (κ2) is 6.41. The number of ether oxygens (including phenoxy) is 1. The van der Waals surface area contributed by atoms with Gasteiger partial charge in [0, 0.05) is 0 Å². The molecular formula is C14H14ClN3O3. The smallest absolute Gasteiger partial charge is 0.356 e.